The molecular weight excluding hydrogens is 229 g/mol. The highest BCUT2D eigenvalue weighted by atomic mass is 19.1. The minimum atomic E-state index is -0.231. The first-order chi connectivity index (χ1) is 8.71. The fraction of sp³-hybridized carbons (Fsp3) is 0.357. The standard InChI is InChI=1S/C14H18FN3/c1-4-18(5-2)14-12-8-10(15)6-7-11(12)13(16-3)9-17-14/h6-9,16H,4-5H2,1-3H3. The Morgan fingerprint density at radius 1 is 1.22 bits per heavy atom. The molecule has 1 aromatic carbocycles. The van der Waals surface area contributed by atoms with Crippen molar-refractivity contribution in [1.82, 2.24) is 4.98 Å². The second-order valence-corrected chi connectivity index (χ2v) is 4.11. The van der Waals surface area contributed by atoms with Crippen molar-refractivity contribution in [3.63, 3.8) is 0 Å². The van der Waals surface area contributed by atoms with Crippen LogP contribution in [0.2, 0.25) is 0 Å². The van der Waals surface area contributed by atoms with Crippen LogP contribution >= 0.6 is 0 Å². The summed E-state index contributed by atoms with van der Waals surface area (Å²) in [7, 11) is 1.84. The van der Waals surface area contributed by atoms with E-state index in [4.69, 9.17) is 0 Å². The van der Waals surface area contributed by atoms with Gasteiger partial charge in [0.25, 0.3) is 0 Å². The molecule has 0 bridgehead atoms. The van der Waals surface area contributed by atoms with Gasteiger partial charge in [0, 0.05) is 30.9 Å². The van der Waals surface area contributed by atoms with Crippen LogP contribution in [0.4, 0.5) is 15.9 Å². The van der Waals surface area contributed by atoms with E-state index in [1.165, 1.54) is 6.07 Å². The SMILES string of the molecule is CCN(CC)c1ncc(NC)c2ccc(F)cc12. The lowest BCUT2D eigenvalue weighted by atomic mass is 10.1. The van der Waals surface area contributed by atoms with Crippen molar-refractivity contribution in [2.45, 2.75) is 13.8 Å². The largest absolute Gasteiger partial charge is 0.386 e. The summed E-state index contributed by atoms with van der Waals surface area (Å²) in [6.45, 7) is 5.85. The van der Waals surface area contributed by atoms with E-state index in [1.807, 2.05) is 7.05 Å². The topological polar surface area (TPSA) is 28.2 Å². The molecule has 0 saturated carbocycles. The van der Waals surface area contributed by atoms with E-state index in [0.717, 1.165) is 35.4 Å². The summed E-state index contributed by atoms with van der Waals surface area (Å²) in [5.74, 6) is 0.611. The van der Waals surface area contributed by atoms with Crippen LogP contribution in [0.25, 0.3) is 10.8 Å². The van der Waals surface area contributed by atoms with E-state index < -0.39 is 0 Å². The van der Waals surface area contributed by atoms with Crippen LogP contribution in [0.5, 0.6) is 0 Å². The zero-order valence-corrected chi connectivity index (χ0v) is 11.0. The van der Waals surface area contributed by atoms with Crippen molar-refractivity contribution in [3.05, 3.63) is 30.2 Å². The minimum Gasteiger partial charge on any atom is -0.386 e. The molecule has 1 N–H and O–H groups in total. The van der Waals surface area contributed by atoms with Crippen LogP contribution in [0.3, 0.4) is 0 Å². The van der Waals surface area contributed by atoms with E-state index in [2.05, 4.69) is 29.0 Å². The van der Waals surface area contributed by atoms with E-state index in [9.17, 15) is 4.39 Å². The second-order valence-electron chi connectivity index (χ2n) is 4.11. The third kappa shape index (κ3) is 2.10. The van der Waals surface area contributed by atoms with Gasteiger partial charge in [-0.3, -0.25) is 0 Å². The van der Waals surface area contributed by atoms with Crippen LogP contribution in [-0.4, -0.2) is 25.1 Å². The molecule has 0 aliphatic carbocycles. The van der Waals surface area contributed by atoms with Crippen molar-refractivity contribution >= 4 is 22.3 Å². The number of nitrogens with one attached hydrogen (secondary N) is 1. The Bertz CT molecular complexity index is 550. The van der Waals surface area contributed by atoms with Gasteiger partial charge in [0.15, 0.2) is 0 Å². The Balaban J connectivity index is 2.71. The van der Waals surface area contributed by atoms with Gasteiger partial charge >= 0.3 is 0 Å². The molecule has 0 saturated heterocycles. The number of anilines is 2. The normalized spacial score (nSPS) is 10.7. The summed E-state index contributed by atoms with van der Waals surface area (Å²) in [4.78, 5) is 6.58. The first-order valence-corrected chi connectivity index (χ1v) is 6.22. The molecule has 2 rings (SSSR count). The highest BCUT2D eigenvalue weighted by Crippen LogP contribution is 2.30. The van der Waals surface area contributed by atoms with E-state index in [1.54, 1.807) is 18.3 Å². The summed E-state index contributed by atoms with van der Waals surface area (Å²) in [5, 5.41) is 4.94. The Kier molecular flexibility index (Phi) is 3.65. The molecule has 96 valence electrons. The smallest absolute Gasteiger partial charge is 0.136 e. The summed E-state index contributed by atoms with van der Waals surface area (Å²) in [6.07, 6.45) is 1.80. The number of halogens is 1. The molecule has 0 aliphatic heterocycles. The molecule has 2 aromatic rings. The summed E-state index contributed by atoms with van der Waals surface area (Å²) in [5.41, 5.74) is 0.918. The molecule has 1 aromatic heterocycles. The van der Waals surface area contributed by atoms with Gasteiger partial charge in [-0.2, -0.15) is 0 Å². The van der Waals surface area contributed by atoms with Crippen LogP contribution in [0.1, 0.15) is 13.8 Å². The van der Waals surface area contributed by atoms with Crippen LogP contribution in [0, 0.1) is 5.82 Å². The van der Waals surface area contributed by atoms with Gasteiger partial charge < -0.3 is 10.2 Å². The van der Waals surface area contributed by atoms with Crippen molar-refractivity contribution in [2.24, 2.45) is 0 Å². The van der Waals surface area contributed by atoms with E-state index >= 15 is 0 Å². The monoisotopic (exact) mass is 247 g/mol. The molecule has 18 heavy (non-hydrogen) atoms. The van der Waals surface area contributed by atoms with Gasteiger partial charge in [0.2, 0.25) is 0 Å². The lowest BCUT2D eigenvalue weighted by Crippen LogP contribution is -2.23. The Labute approximate surface area is 107 Å². The molecule has 0 unspecified atom stereocenters. The molecule has 0 amide bonds. The molecule has 0 aliphatic rings. The zero-order valence-electron chi connectivity index (χ0n) is 11.0. The summed E-state index contributed by atoms with van der Waals surface area (Å²) < 4.78 is 13.5. The molecule has 0 fully saturated rings. The highest BCUT2D eigenvalue weighted by molar-refractivity contribution is 6.00. The number of pyridine rings is 1. The molecule has 4 heteroatoms. The third-order valence-electron chi connectivity index (χ3n) is 3.16. The summed E-state index contributed by atoms with van der Waals surface area (Å²) >= 11 is 0. The van der Waals surface area contributed by atoms with Crippen molar-refractivity contribution in [2.75, 3.05) is 30.4 Å². The van der Waals surface area contributed by atoms with Crippen molar-refractivity contribution in [3.8, 4) is 0 Å². The molecular formula is C14H18FN3. The second kappa shape index (κ2) is 5.21. The molecule has 0 spiro atoms. The number of rotatable bonds is 4. The Morgan fingerprint density at radius 2 is 1.94 bits per heavy atom. The number of hydrogen-bond acceptors (Lipinski definition) is 3. The fourth-order valence-corrected chi connectivity index (χ4v) is 2.18. The predicted molar refractivity (Wildman–Crippen MR) is 74.8 cm³/mol. The highest BCUT2D eigenvalue weighted by Gasteiger charge is 2.11. The number of hydrogen-bond donors (Lipinski definition) is 1. The average molecular weight is 247 g/mol. The molecule has 3 nitrogen and oxygen atoms in total. The number of benzene rings is 1. The average Bonchev–Trinajstić information content (AvgIpc) is 2.40. The van der Waals surface area contributed by atoms with Crippen molar-refractivity contribution < 1.29 is 4.39 Å². The van der Waals surface area contributed by atoms with Gasteiger partial charge in [-0.1, -0.05) is 0 Å². The quantitative estimate of drug-likeness (QED) is 0.898. The Morgan fingerprint density at radius 3 is 2.56 bits per heavy atom. The first-order valence-electron chi connectivity index (χ1n) is 6.22. The maximum Gasteiger partial charge on any atom is 0.136 e. The minimum absolute atomic E-state index is 0.231. The Hall–Kier alpha value is -1.84. The van der Waals surface area contributed by atoms with Gasteiger partial charge in [0.05, 0.1) is 11.9 Å². The molecule has 1 heterocycles. The number of aromatic nitrogens is 1. The molecule has 0 radical (unpaired) electrons. The van der Waals surface area contributed by atoms with E-state index in [-0.39, 0.29) is 5.82 Å². The summed E-state index contributed by atoms with van der Waals surface area (Å²) in [6, 6.07) is 4.83. The van der Waals surface area contributed by atoms with Crippen molar-refractivity contribution in [1.29, 1.82) is 0 Å². The first kappa shape index (κ1) is 12.6. The zero-order chi connectivity index (χ0) is 13.1. The lowest BCUT2D eigenvalue weighted by molar-refractivity contribution is 0.629. The maximum absolute atomic E-state index is 13.5. The predicted octanol–water partition coefficient (Wildman–Crippen LogP) is 3.26. The molecule has 0 atom stereocenters. The maximum atomic E-state index is 13.5. The van der Waals surface area contributed by atoms with Gasteiger partial charge in [0.1, 0.15) is 11.6 Å². The lowest BCUT2D eigenvalue weighted by Gasteiger charge is -2.22. The van der Waals surface area contributed by atoms with Gasteiger partial charge in [-0.15, -0.1) is 0 Å². The van der Waals surface area contributed by atoms with Crippen LogP contribution in [0.15, 0.2) is 24.4 Å². The fourth-order valence-electron chi connectivity index (χ4n) is 2.18. The number of fused-ring (bicyclic) bond motifs is 1. The van der Waals surface area contributed by atoms with Crippen LogP contribution in [-0.2, 0) is 0 Å². The number of nitrogens with zero attached hydrogens (tertiary/aromatic N) is 2. The van der Waals surface area contributed by atoms with Gasteiger partial charge in [-0.05, 0) is 32.0 Å². The third-order valence-corrected chi connectivity index (χ3v) is 3.16. The van der Waals surface area contributed by atoms with E-state index in [0.29, 0.717) is 0 Å². The van der Waals surface area contributed by atoms with Crippen LogP contribution < -0.4 is 10.2 Å². The van der Waals surface area contributed by atoms with Gasteiger partial charge in [-0.25, -0.2) is 9.37 Å².